The summed E-state index contributed by atoms with van der Waals surface area (Å²) in [4.78, 5) is 14.5. The Kier molecular flexibility index (Phi) is 6.07. The minimum Gasteiger partial charge on any atom is -0.342 e. The van der Waals surface area contributed by atoms with Gasteiger partial charge in [0.1, 0.15) is 0 Å². The molecule has 6 heteroatoms. The van der Waals surface area contributed by atoms with Crippen LogP contribution in [0.15, 0.2) is 0 Å². The summed E-state index contributed by atoms with van der Waals surface area (Å²) in [7, 11) is -1.56. The molecule has 0 aromatic carbocycles. The summed E-state index contributed by atoms with van der Waals surface area (Å²) in [6, 6.07) is -0.00128. The van der Waals surface area contributed by atoms with Gasteiger partial charge in [0, 0.05) is 31.6 Å². The molecule has 1 aliphatic rings. The molecule has 1 fully saturated rings. The van der Waals surface area contributed by atoms with E-state index < -0.39 is 15.3 Å². The van der Waals surface area contributed by atoms with Gasteiger partial charge in [-0.25, -0.2) is 12.7 Å². The Morgan fingerprint density at radius 1 is 1.14 bits per heavy atom. The Balaban J connectivity index is 2.70. The van der Waals surface area contributed by atoms with Crippen LogP contribution in [0, 0.1) is 11.3 Å². The van der Waals surface area contributed by atoms with Crippen LogP contribution in [0.1, 0.15) is 54.4 Å². The third kappa shape index (κ3) is 3.82. The van der Waals surface area contributed by atoms with Crippen LogP contribution in [0.2, 0.25) is 0 Å². The van der Waals surface area contributed by atoms with Crippen LogP contribution in [-0.4, -0.2) is 55.0 Å². The first kappa shape index (κ1) is 19.4. The monoisotopic (exact) mass is 332 g/mol. The fourth-order valence-electron chi connectivity index (χ4n) is 2.63. The Morgan fingerprint density at radius 3 is 1.95 bits per heavy atom. The van der Waals surface area contributed by atoms with Gasteiger partial charge in [-0.3, -0.25) is 4.79 Å². The van der Waals surface area contributed by atoms with E-state index in [2.05, 4.69) is 13.8 Å². The molecule has 0 aliphatic carbocycles. The predicted octanol–water partition coefficient (Wildman–Crippen LogP) is 2.33. The van der Waals surface area contributed by atoms with E-state index >= 15 is 0 Å². The molecule has 130 valence electrons. The van der Waals surface area contributed by atoms with Crippen molar-refractivity contribution in [1.29, 1.82) is 0 Å². The largest absolute Gasteiger partial charge is 0.342 e. The van der Waals surface area contributed by atoms with Gasteiger partial charge in [0.2, 0.25) is 15.9 Å². The molecule has 0 aromatic rings. The third-order valence-electron chi connectivity index (χ3n) is 5.26. The maximum Gasteiger partial charge on any atom is 0.228 e. The Morgan fingerprint density at radius 2 is 1.59 bits per heavy atom. The van der Waals surface area contributed by atoms with E-state index in [1.807, 2.05) is 18.7 Å². The number of nitrogens with zero attached hydrogens (tertiary/aromatic N) is 2. The van der Waals surface area contributed by atoms with Crippen molar-refractivity contribution in [3.8, 4) is 0 Å². The highest BCUT2D eigenvalue weighted by atomic mass is 32.2. The van der Waals surface area contributed by atoms with Gasteiger partial charge in [-0.2, -0.15) is 0 Å². The van der Waals surface area contributed by atoms with Crippen LogP contribution in [0.25, 0.3) is 0 Å². The SMILES string of the molecule is CC(C)C(C)(C)C(=O)N1CCC(N(C)S(=O)(=O)C(C)C)CC1. The van der Waals surface area contributed by atoms with Gasteiger partial charge in [-0.15, -0.1) is 0 Å². The summed E-state index contributed by atoms with van der Waals surface area (Å²) in [5.41, 5.74) is -0.372. The van der Waals surface area contributed by atoms with Crippen molar-refractivity contribution >= 4 is 15.9 Å². The standard InChI is InChI=1S/C16H32N2O3S/c1-12(2)16(5,6)15(19)18-10-8-14(9-11-18)17(7)22(20,21)13(3)4/h12-14H,8-11H2,1-7H3. The second kappa shape index (κ2) is 6.87. The van der Waals surface area contributed by atoms with Crippen molar-refractivity contribution in [2.75, 3.05) is 20.1 Å². The van der Waals surface area contributed by atoms with Crippen LogP contribution in [-0.2, 0) is 14.8 Å². The maximum absolute atomic E-state index is 12.6. The van der Waals surface area contributed by atoms with Crippen LogP contribution in [0.4, 0.5) is 0 Å². The molecule has 0 unspecified atom stereocenters. The number of hydrogen-bond donors (Lipinski definition) is 0. The van der Waals surface area contributed by atoms with Crippen molar-refractivity contribution in [1.82, 2.24) is 9.21 Å². The Bertz CT molecular complexity index is 490. The highest BCUT2D eigenvalue weighted by Gasteiger charge is 2.38. The minimum atomic E-state index is -3.23. The summed E-state index contributed by atoms with van der Waals surface area (Å²) < 4.78 is 26.0. The first-order chi connectivity index (χ1) is 9.92. The summed E-state index contributed by atoms with van der Waals surface area (Å²) in [5, 5.41) is -0.406. The van der Waals surface area contributed by atoms with Gasteiger partial charge in [-0.1, -0.05) is 27.7 Å². The molecular formula is C16H32N2O3S. The first-order valence-corrected chi connectivity index (χ1v) is 9.69. The molecule has 1 amide bonds. The fraction of sp³-hybridized carbons (Fsp3) is 0.938. The molecule has 0 radical (unpaired) electrons. The van der Waals surface area contributed by atoms with E-state index in [0.29, 0.717) is 25.9 Å². The van der Waals surface area contributed by atoms with E-state index in [1.165, 1.54) is 4.31 Å². The first-order valence-electron chi connectivity index (χ1n) is 8.18. The highest BCUT2D eigenvalue weighted by Crippen LogP contribution is 2.30. The van der Waals surface area contributed by atoms with E-state index in [0.717, 1.165) is 0 Å². The number of rotatable bonds is 5. The average molecular weight is 333 g/mol. The van der Waals surface area contributed by atoms with E-state index in [-0.39, 0.29) is 23.3 Å². The zero-order chi connectivity index (χ0) is 17.3. The molecule has 22 heavy (non-hydrogen) atoms. The van der Waals surface area contributed by atoms with Gasteiger partial charge >= 0.3 is 0 Å². The topological polar surface area (TPSA) is 57.7 Å². The summed E-state index contributed by atoms with van der Waals surface area (Å²) in [6.07, 6.45) is 1.42. The highest BCUT2D eigenvalue weighted by molar-refractivity contribution is 7.89. The average Bonchev–Trinajstić information content (AvgIpc) is 2.45. The van der Waals surface area contributed by atoms with Gasteiger partial charge in [0.25, 0.3) is 0 Å². The van der Waals surface area contributed by atoms with E-state index in [4.69, 9.17) is 0 Å². The molecule has 0 aromatic heterocycles. The zero-order valence-electron chi connectivity index (χ0n) is 15.1. The lowest BCUT2D eigenvalue weighted by Crippen LogP contribution is -2.51. The molecular weight excluding hydrogens is 300 g/mol. The van der Waals surface area contributed by atoms with Crippen LogP contribution in [0.5, 0.6) is 0 Å². The van der Waals surface area contributed by atoms with Gasteiger partial charge in [0.15, 0.2) is 0 Å². The zero-order valence-corrected chi connectivity index (χ0v) is 15.9. The van der Waals surface area contributed by atoms with Crippen LogP contribution in [0.3, 0.4) is 0 Å². The van der Waals surface area contributed by atoms with Crippen LogP contribution >= 0.6 is 0 Å². The van der Waals surface area contributed by atoms with Crippen molar-refractivity contribution in [3.63, 3.8) is 0 Å². The Labute approximate surface area is 136 Å². The molecule has 1 heterocycles. The molecule has 1 aliphatic heterocycles. The normalized spacial score (nSPS) is 18.5. The Hall–Kier alpha value is -0.620. The molecule has 0 spiro atoms. The smallest absolute Gasteiger partial charge is 0.228 e. The summed E-state index contributed by atoms with van der Waals surface area (Å²) >= 11 is 0. The number of amides is 1. The summed E-state index contributed by atoms with van der Waals surface area (Å²) in [6.45, 7) is 12.8. The second-order valence-electron chi connectivity index (χ2n) is 7.51. The number of carbonyl (C=O) groups is 1. The maximum atomic E-state index is 12.6. The predicted molar refractivity (Wildman–Crippen MR) is 90.0 cm³/mol. The third-order valence-corrected chi connectivity index (χ3v) is 7.55. The molecule has 0 bridgehead atoms. The van der Waals surface area contributed by atoms with Gasteiger partial charge in [-0.05, 0) is 32.6 Å². The van der Waals surface area contributed by atoms with Crippen molar-refractivity contribution < 1.29 is 13.2 Å². The van der Waals surface area contributed by atoms with Gasteiger partial charge < -0.3 is 4.90 Å². The quantitative estimate of drug-likeness (QED) is 0.776. The summed E-state index contributed by atoms with van der Waals surface area (Å²) in [5.74, 6) is 0.456. The van der Waals surface area contributed by atoms with Crippen molar-refractivity contribution in [2.45, 2.75) is 65.7 Å². The fourth-order valence-corrected chi connectivity index (χ4v) is 3.92. The molecule has 1 rings (SSSR count). The van der Waals surface area contributed by atoms with Crippen molar-refractivity contribution in [2.24, 2.45) is 11.3 Å². The lowest BCUT2D eigenvalue weighted by molar-refractivity contribution is -0.144. The second-order valence-corrected chi connectivity index (χ2v) is 10.1. The van der Waals surface area contributed by atoms with E-state index in [9.17, 15) is 13.2 Å². The van der Waals surface area contributed by atoms with Crippen molar-refractivity contribution in [3.05, 3.63) is 0 Å². The number of piperidine rings is 1. The molecule has 1 saturated heterocycles. The number of likely N-dealkylation sites (tertiary alicyclic amines) is 1. The number of hydrogen-bond acceptors (Lipinski definition) is 3. The van der Waals surface area contributed by atoms with Gasteiger partial charge in [0.05, 0.1) is 5.25 Å². The molecule has 0 N–H and O–H groups in total. The molecule has 5 nitrogen and oxygen atoms in total. The lowest BCUT2D eigenvalue weighted by atomic mass is 9.79. The number of carbonyl (C=O) groups excluding carboxylic acids is 1. The van der Waals surface area contributed by atoms with Crippen LogP contribution < -0.4 is 0 Å². The lowest BCUT2D eigenvalue weighted by Gasteiger charge is -2.40. The van der Waals surface area contributed by atoms with E-state index in [1.54, 1.807) is 20.9 Å². The molecule has 0 saturated carbocycles. The molecule has 0 atom stereocenters. The number of sulfonamides is 1. The minimum absolute atomic E-state index is 0.00128.